The molecule has 100 valence electrons. The van der Waals surface area contributed by atoms with Gasteiger partial charge in [-0.15, -0.1) is 0 Å². The van der Waals surface area contributed by atoms with Gasteiger partial charge in [-0.05, 0) is 37.0 Å². The molecule has 0 aliphatic rings. The van der Waals surface area contributed by atoms with Gasteiger partial charge in [-0.2, -0.15) is 0 Å². The highest BCUT2D eigenvalue weighted by molar-refractivity contribution is 5.72. The smallest absolute Gasteiger partial charge is 0.309 e. The molecule has 18 heavy (non-hydrogen) atoms. The summed E-state index contributed by atoms with van der Waals surface area (Å²) in [5.74, 6) is -0.156. The second kappa shape index (κ2) is 7.75. The Hall–Kier alpha value is -1.51. The van der Waals surface area contributed by atoms with E-state index >= 15 is 0 Å². The van der Waals surface area contributed by atoms with E-state index in [9.17, 15) is 4.79 Å². The Morgan fingerprint density at radius 1 is 1.39 bits per heavy atom. The lowest BCUT2D eigenvalue weighted by Gasteiger charge is -2.14. The Balaban J connectivity index is 2.53. The Bertz CT molecular complexity index is 377. The number of nitrogen functional groups attached to an aromatic ring is 1. The van der Waals surface area contributed by atoms with Crippen molar-refractivity contribution in [1.82, 2.24) is 0 Å². The molecule has 3 heteroatoms. The summed E-state index contributed by atoms with van der Waals surface area (Å²) in [7, 11) is 0. The molecule has 1 atom stereocenters. The first-order chi connectivity index (χ1) is 8.67. The molecule has 1 aromatic rings. The molecular formula is C15H23NO2. The van der Waals surface area contributed by atoms with Crippen LogP contribution in [0.1, 0.15) is 38.7 Å². The number of hydrogen-bond acceptors (Lipinski definition) is 3. The van der Waals surface area contributed by atoms with Crippen molar-refractivity contribution in [1.29, 1.82) is 0 Å². The molecule has 0 aromatic heterocycles. The fourth-order valence-electron chi connectivity index (χ4n) is 1.83. The average Bonchev–Trinajstić information content (AvgIpc) is 2.36. The number of hydrogen-bond donors (Lipinski definition) is 1. The summed E-state index contributed by atoms with van der Waals surface area (Å²) in [6, 6.07) is 7.68. The fraction of sp³-hybridized carbons (Fsp3) is 0.533. The Kier molecular flexibility index (Phi) is 6.26. The first kappa shape index (κ1) is 14.6. The quantitative estimate of drug-likeness (QED) is 0.459. The molecule has 0 radical (unpaired) electrons. The van der Waals surface area contributed by atoms with E-state index in [1.807, 2.05) is 31.2 Å². The zero-order valence-electron chi connectivity index (χ0n) is 11.3. The van der Waals surface area contributed by atoms with Crippen LogP contribution in [0.15, 0.2) is 24.3 Å². The first-order valence-electron chi connectivity index (χ1n) is 6.68. The van der Waals surface area contributed by atoms with Gasteiger partial charge in [0, 0.05) is 5.69 Å². The van der Waals surface area contributed by atoms with Crippen LogP contribution in [0.3, 0.4) is 0 Å². The third-order valence-electron chi connectivity index (χ3n) is 3.00. The molecule has 2 N–H and O–H groups in total. The van der Waals surface area contributed by atoms with Crippen molar-refractivity contribution in [3.63, 3.8) is 0 Å². The predicted molar refractivity (Wildman–Crippen MR) is 74.2 cm³/mol. The molecule has 0 aliphatic heterocycles. The van der Waals surface area contributed by atoms with Crippen LogP contribution in [0.5, 0.6) is 0 Å². The Labute approximate surface area is 109 Å². The predicted octanol–water partition coefficient (Wildman–Crippen LogP) is 3.18. The number of unbranched alkanes of at least 4 members (excludes halogenated alkanes) is 1. The van der Waals surface area contributed by atoms with Gasteiger partial charge in [0.25, 0.3) is 0 Å². The normalized spacial score (nSPS) is 12.1. The van der Waals surface area contributed by atoms with E-state index in [0.29, 0.717) is 13.0 Å². The lowest BCUT2D eigenvalue weighted by atomic mass is 9.97. The third-order valence-corrected chi connectivity index (χ3v) is 3.00. The summed E-state index contributed by atoms with van der Waals surface area (Å²) >= 11 is 0. The molecule has 1 rings (SSSR count). The number of rotatable bonds is 7. The lowest BCUT2D eigenvalue weighted by Crippen LogP contribution is -2.20. The molecule has 0 spiro atoms. The van der Waals surface area contributed by atoms with Crippen molar-refractivity contribution in [3.05, 3.63) is 29.8 Å². The molecule has 0 amide bonds. The number of anilines is 1. The molecule has 0 fully saturated rings. The van der Waals surface area contributed by atoms with Crippen molar-refractivity contribution >= 4 is 11.7 Å². The summed E-state index contributed by atoms with van der Waals surface area (Å²) in [4.78, 5) is 11.9. The monoisotopic (exact) mass is 249 g/mol. The minimum atomic E-state index is -0.0895. The van der Waals surface area contributed by atoms with Crippen LogP contribution >= 0.6 is 0 Å². The van der Waals surface area contributed by atoms with Crippen molar-refractivity contribution in [2.45, 2.75) is 39.5 Å². The van der Waals surface area contributed by atoms with Gasteiger partial charge in [0.1, 0.15) is 0 Å². The minimum absolute atomic E-state index is 0.0661. The summed E-state index contributed by atoms with van der Waals surface area (Å²) in [5.41, 5.74) is 7.56. The van der Waals surface area contributed by atoms with Crippen LogP contribution in [0.4, 0.5) is 5.69 Å². The summed E-state index contributed by atoms with van der Waals surface area (Å²) in [6.07, 6.45) is 3.46. The number of benzene rings is 1. The molecule has 1 aromatic carbocycles. The van der Waals surface area contributed by atoms with Gasteiger partial charge in [-0.3, -0.25) is 4.79 Å². The Morgan fingerprint density at radius 2 is 2.17 bits per heavy atom. The molecule has 0 saturated carbocycles. The number of esters is 1. The zero-order valence-corrected chi connectivity index (χ0v) is 11.3. The van der Waals surface area contributed by atoms with E-state index in [4.69, 9.17) is 10.5 Å². The largest absolute Gasteiger partial charge is 0.465 e. The lowest BCUT2D eigenvalue weighted by molar-refractivity contribution is -0.148. The maximum absolute atomic E-state index is 11.9. The van der Waals surface area contributed by atoms with Crippen LogP contribution in [0.2, 0.25) is 0 Å². The number of carbonyl (C=O) groups is 1. The van der Waals surface area contributed by atoms with Gasteiger partial charge in [-0.1, -0.05) is 32.4 Å². The van der Waals surface area contributed by atoms with Gasteiger partial charge >= 0.3 is 5.97 Å². The SMILES string of the molecule is CCCCOC(=O)C(CC)Cc1cccc(N)c1. The van der Waals surface area contributed by atoms with Crippen molar-refractivity contribution < 1.29 is 9.53 Å². The highest BCUT2D eigenvalue weighted by Gasteiger charge is 2.18. The van der Waals surface area contributed by atoms with Crippen LogP contribution in [0, 0.1) is 5.92 Å². The average molecular weight is 249 g/mol. The standard InChI is InChI=1S/C15H23NO2/c1-3-5-9-18-15(17)13(4-2)10-12-7-6-8-14(16)11-12/h6-8,11,13H,3-5,9-10,16H2,1-2H3. The second-order valence-electron chi connectivity index (χ2n) is 4.58. The van der Waals surface area contributed by atoms with Crippen LogP contribution in [0.25, 0.3) is 0 Å². The van der Waals surface area contributed by atoms with E-state index in [0.717, 1.165) is 30.5 Å². The van der Waals surface area contributed by atoms with E-state index in [2.05, 4.69) is 6.92 Å². The molecule has 0 heterocycles. The third kappa shape index (κ3) is 4.78. The molecule has 0 bridgehead atoms. The van der Waals surface area contributed by atoms with E-state index in [1.54, 1.807) is 0 Å². The number of nitrogens with two attached hydrogens (primary N) is 1. The van der Waals surface area contributed by atoms with E-state index < -0.39 is 0 Å². The van der Waals surface area contributed by atoms with Gasteiger partial charge in [0.2, 0.25) is 0 Å². The van der Waals surface area contributed by atoms with Gasteiger partial charge < -0.3 is 10.5 Å². The highest BCUT2D eigenvalue weighted by atomic mass is 16.5. The molecule has 0 aliphatic carbocycles. The van der Waals surface area contributed by atoms with E-state index in [-0.39, 0.29) is 11.9 Å². The maximum atomic E-state index is 11.9. The number of ether oxygens (including phenoxy) is 1. The van der Waals surface area contributed by atoms with Gasteiger partial charge in [-0.25, -0.2) is 0 Å². The number of carbonyl (C=O) groups excluding carboxylic acids is 1. The molecular weight excluding hydrogens is 226 g/mol. The fourth-order valence-corrected chi connectivity index (χ4v) is 1.83. The molecule has 1 unspecified atom stereocenters. The molecule has 3 nitrogen and oxygen atoms in total. The minimum Gasteiger partial charge on any atom is -0.465 e. The Morgan fingerprint density at radius 3 is 2.78 bits per heavy atom. The second-order valence-corrected chi connectivity index (χ2v) is 4.58. The van der Waals surface area contributed by atoms with E-state index in [1.165, 1.54) is 0 Å². The van der Waals surface area contributed by atoms with Crippen molar-refractivity contribution in [3.8, 4) is 0 Å². The van der Waals surface area contributed by atoms with Gasteiger partial charge in [0.05, 0.1) is 12.5 Å². The highest BCUT2D eigenvalue weighted by Crippen LogP contribution is 2.16. The maximum Gasteiger partial charge on any atom is 0.309 e. The van der Waals surface area contributed by atoms with Gasteiger partial charge in [0.15, 0.2) is 0 Å². The van der Waals surface area contributed by atoms with Crippen LogP contribution in [-0.2, 0) is 16.0 Å². The summed E-state index contributed by atoms with van der Waals surface area (Å²) < 4.78 is 5.27. The van der Waals surface area contributed by atoms with Crippen LogP contribution in [-0.4, -0.2) is 12.6 Å². The van der Waals surface area contributed by atoms with Crippen LogP contribution < -0.4 is 5.73 Å². The topological polar surface area (TPSA) is 52.3 Å². The zero-order chi connectivity index (χ0) is 13.4. The summed E-state index contributed by atoms with van der Waals surface area (Å²) in [5, 5.41) is 0. The van der Waals surface area contributed by atoms with Crippen molar-refractivity contribution in [2.75, 3.05) is 12.3 Å². The first-order valence-corrected chi connectivity index (χ1v) is 6.68. The molecule has 0 saturated heterocycles. The van der Waals surface area contributed by atoms with Crippen molar-refractivity contribution in [2.24, 2.45) is 5.92 Å². The summed E-state index contributed by atoms with van der Waals surface area (Å²) in [6.45, 7) is 4.62.